The van der Waals surface area contributed by atoms with Crippen LogP contribution in [0.15, 0.2) is 30.5 Å². The quantitative estimate of drug-likeness (QED) is 0.778. The Morgan fingerprint density at radius 3 is 2.95 bits per heavy atom. The molecule has 0 aliphatic rings. The lowest BCUT2D eigenvalue weighted by molar-refractivity contribution is -0.116. The van der Waals surface area contributed by atoms with E-state index in [-0.39, 0.29) is 5.91 Å². The monoisotopic (exact) mass is 298 g/mol. The van der Waals surface area contributed by atoms with Crippen LogP contribution < -0.4 is 5.32 Å². The van der Waals surface area contributed by atoms with Crippen LogP contribution in [0.1, 0.15) is 24.4 Å². The number of hydrogen-bond donors (Lipinski definition) is 1. The van der Waals surface area contributed by atoms with Crippen LogP contribution in [0, 0.1) is 6.92 Å². The van der Waals surface area contributed by atoms with Crippen LogP contribution in [-0.4, -0.2) is 30.3 Å². The summed E-state index contributed by atoms with van der Waals surface area (Å²) in [4.78, 5) is 11.9. The molecule has 0 aliphatic carbocycles. The topological polar surface area (TPSA) is 77.1 Å². The standard InChI is InChI=1S/C15H18N6O/c1-11-10-12(19-20(11)2)16-15(22)8-5-7-14-18-17-13-6-3-4-9-21(13)14/h3-4,6,9-10H,5,7-8H2,1-2H3,(H,16,19,22). The molecule has 114 valence electrons. The maximum absolute atomic E-state index is 11.9. The molecule has 0 aromatic carbocycles. The summed E-state index contributed by atoms with van der Waals surface area (Å²) in [6.07, 6.45) is 3.78. The molecular weight excluding hydrogens is 280 g/mol. The number of rotatable bonds is 5. The Labute approximate surface area is 128 Å². The fourth-order valence-corrected chi connectivity index (χ4v) is 2.30. The third-order valence-electron chi connectivity index (χ3n) is 3.57. The Hall–Kier alpha value is -2.70. The van der Waals surface area contributed by atoms with Crippen molar-refractivity contribution in [2.75, 3.05) is 5.32 Å². The highest BCUT2D eigenvalue weighted by atomic mass is 16.1. The van der Waals surface area contributed by atoms with Gasteiger partial charge >= 0.3 is 0 Å². The summed E-state index contributed by atoms with van der Waals surface area (Å²) in [7, 11) is 1.85. The Balaban J connectivity index is 1.53. The number of amides is 1. The first-order valence-corrected chi connectivity index (χ1v) is 7.22. The number of nitrogens with one attached hydrogen (secondary N) is 1. The molecule has 0 atom stereocenters. The summed E-state index contributed by atoms with van der Waals surface area (Å²) >= 11 is 0. The molecule has 0 spiro atoms. The number of carbonyl (C=O) groups excluding carboxylic acids is 1. The molecule has 0 unspecified atom stereocenters. The number of hydrogen-bond acceptors (Lipinski definition) is 4. The largest absolute Gasteiger partial charge is 0.309 e. The molecule has 0 saturated carbocycles. The molecule has 0 fully saturated rings. The molecule has 3 heterocycles. The minimum atomic E-state index is -0.0353. The zero-order chi connectivity index (χ0) is 15.5. The SMILES string of the molecule is Cc1cc(NC(=O)CCCc2nnc3ccccn23)nn1C. The summed E-state index contributed by atoms with van der Waals surface area (Å²) in [6.45, 7) is 1.94. The summed E-state index contributed by atoms with van der Waals surface area (Å²) in [5, 5.41) is 15.3. The maximum atomic E-state index is 11.9. The lowest BCUT2D eigenvalue weighted by Gasteiger charge is -2.02. The normalized spacial score (nSPS) is 11.0. The van der Waals surface area contributed by atoms with Crippen LogP contribution in [0.25, 0.3) is 5.65 Å². The highest BCUT2D eigenvalue weighted by Crippen LogP contribution is 2.09. The molecule has 22 heavy (non-hydrogen) atoms. The third kappa shape index (κ3) is 2.98. The van der Waals surface area contributed by atoms with Crippen LogP contribution >= 0.6 is 0 Å². The minimum absolute atomic E-state index is 0.0353. The average molecular weight is 298 g/mol. The van der Waals surface area contributed by atoms with Crippen molar-refractivity contribution in [2.24, 2.45) is 7.05 Å². The first-order valence-electron chi connectivity index (χ1n) is 7.22. The fraction of sp³-hybridized carbons (Fsp3) is 0.333. The van der Waals surface area contributed by atoms with E-state index in [9.17, 15) is 4.79 Å². The van der Waals surface area contributed by atoms with Gasteiger partial charge in [-0.25, -0.2) is 0 Å². The average Bonchev–Trinajstić information content (AvgIpc) is 3.03. The van der Waals surface area contributed by atoms with Crippen LogP contribution in [0.4, 0.5) is 5.82 Å². The minimum Gasteiger partial charge on any atom is -0.309 e. The predicted octanol–water partition coefficient (Wildman–Crippen LogP) is 1.73. The van der Waals surface area contributed by atoms with Gasteiger partial charge in [0.05, 0.1) is 0 Å². The second-order valence-corrected chi connectivity index (χ2v) is 5.24. The van der Waals surface area contributed by atoms with E-state index in [1.165, 1.54) is 0 Å². The highest BCUT2D eigenvalue weighted by Gasteiger charge is 2.08. The number of aromatic nitrogens is 5. The third-order valence-corrected chi connectivity index (χ3v) is 3.57. The molecule has 7 heteroatoms. The van der Waals surface area contributed by atoms with Gasteiger partial charge in [-0.3, -0.25) is 13.9 Å². The zero-order valence-electron chi connectivity index (χ0n) is 12.7. The Morgan fingerprint density at radius 2 is 2.18 bits per heavy atom. The van der Waals surface area contributed by atoms with Gasteiger partial charge < -0.3 is 5.32 Å². The van der Waals surface area contributed by atoms with Gasteiger partial charge in [-0.1, -0.05) is 6.07 Å². The van der Waals surface area contributed by atoms with E-state index in [2.05, 4.69) is 20.6 Å². The van der Waals surface area contributed by atoms with E-state index >= 15 is 0 Å². The summed E-state index contributed by atoms with van der Waals surface area (Å²) in [6, 6.07) is 7.63. The number of anilines is 1. The summed E-state index contributed by atoms with van der Waals surface area (Å²) < 4.78 is 3.68. The molecular formula is C15H18N6O. The van der Waals surface area contributed by atoms with E-state index in [0.717, 1.165) is 17.2 Å². The van der Waals surface area contributed by atoms with Gasteiger partial charge in [-0.05, 0) is 25.5 Å². The second-order valence-electron chi connectivity index (χ2n) is 5.24. The molecule has 1 amide bonds. The van der Waals surface area contributed by atoms with E-state index < -0.39 is 0 Å². The Kier molecular flexibility index (Phi) is 3.86. The molecule has 7 nitrogen and oxygen atoms in total. The van der Waals surface area contributed by atoms with Gasteiger partial charge in [-0.15, -0.1) is 10.2 Å². The van der Waals surface area contributed by atoms with Crippen molar-refractivity contribution >= 4 is 17.4 Å². The van der Waals surface area contributed by atoms with Crippen molar-refractivity contribution in [1.29, 1.82) is 0 Å². The maximum Gasteiger partial charge on any atom is 0.225 e. The van der Waals surface area contributed by atoms with Gasteiger partial charge in [0, 0.05) is 37.8 Å². The van der Waals surface area contributed by atoms with Crippen LogP contribution in [0.5, 0.6) is 0 Å². The molecule has 3 aromatic rings. The van der Waals surface area contributed by atoms with Crippen LogP contribution in [0.3, 0.4) is 0 Å². The fourth-order valence-electron chi connectivity index (χ4n) is 2.30. The van der Waals surface area contributed by atoms with Crippen molar-refractivity contribution < 1.29 is 4.79 Å². The Morgan fingerprint density at radius 1 is 1.32 bits per heavy atom. The van der Waals surface area contributed by atoms with Crippen LogP contribution in [-0.2, 0) is 18.3 Å². The van der Waals surface area contributed by atoms with Gasteiger partial charge in [0.15, 0.2) is 11.5 Å². The van der Waals surface area contributed by atoms with Crippen molar-refractivity contribution in [3.05, 3.63) is 42.0 Å². The highest BCUT2D eigenvalue weighted by molar-refractivity contribution is 5.89. The van der Waals surface area contributed by atoms with Crippen molar-refractivity contribution in [2.45, 2.75) is 26.2 Å². The Bertz CT molecular complexity index is 784. The number of carbonyl (C=O) groups is 1. The summed E-state index contributed by atoms with van der Waals surface area (Å²) in [5.74, 6) is 1.43. The molecule has 0 saturated heterocycles. The predicted molar refractivity (Wildman–Crippen MR) is 82.5 cm³/mol. The molecule has 0 aliphatic heterocycles. The summed E-state index contributed by atoms with van der Waals surface area (Å²) in [5.41, 5.74) is 1.83. The second kappa shape index (κ2) is 5.97. The van der Waals surface area contributed by atoms with E-state index in [1.807, 2.05) is 48.8 Å². The first-order chi connectivity index (χ1) is 10.6. The van der Waals surface area contributed by atoms with E-state index in [1.54, 1.807) is 4.68 Å². The van der Waals surface area contributed by atoms with Gasteiger partial charge in [0.2, 0.25) is 5.91 Å². The lowest BCUT2D eigenvalue weighted by atomic mass is 10.2. The molecule has 3 rings (SSSR count). The van der Waals surface area contributed by atoms with E-state index in [4.69, 9.17) is 0 Å². The zero-order valence-corrected chi connectivity index (χ0v) is 12.7. The van der Waals surface area contributed by atoms with Crippen molar-refractivity contribution in [3.8, 4) is 0 Å². The smallest absolute Gasteiger partial charge is 0.225 e. The van der Waals surface area contributed by atoms with Crippen molar-refractivity contribution in [1.82, 2.24) is 24.4 Å². The van der Waals surface area contributed by atoms with Gasteiger partial charge in [-0.2, -0.15) is 5.10 Å². The molecule has 1 N–H and O–H groups in total. The molecule has 0 radical (unpaired) electrons. The lowest BCUT2D eigenvalue weighted by Crippen LogP contribution is -2.12. The van der Waals surface area contributed by atoms with E-state index in [0.29, 0.717) is 25.1 Å². The number of nitrogens with zero attached hydrogens (tertiary/aromatic N) is 5. The number of pyridine rings is 1. The van der Waals surface area contributed by atoms with Gasteiger partial charge in [0.25, 0.3) is 0 Å². The van der Waals surface area contributed by atoms with Crippen LogP contribution in [0.2, 0.25) is 0 Å². The number of fused-ring (bicyclic) bond motifs is 1. The molecule has 3 aromatic heterocycles. The first kappa shape index (κ1) is 14.2. The number of aryl methyl sites for hydroxylation is 3. The van der Waals surface area contributed by atoms with Gasteiger partial charge in [0.1, 0.15) is 5.82 Å². The van der Waals surface area contributed by atoms with Crippen molar-refractivity contribution in [3.63, 3.8) is 0 Å². The molecule has 0 bridgehead atoms.